The fraction of sp³-hybridized carbons (Fsp3) is 0.294. The molecule has 0 spiro atoms. The minimum absolute atomic E-state index is 0. The van der Waals surface area contributed by atoms with Crippen LogP contribution in [-0.4, -0.2) is 41.8 Å². The largest absolute Gasteiger partial charge is 0.477 e. The number of carbonyl (C=O) groups is 1. The van der Waals surface area contributed by atoms with Gasteiger partial charge in [0, 0.05) is 38.9 Å². The van der Waals surface area contributed by atoms with E-state index in [0.29, 0.717) is 26.2 Å². The van der Waals surface area contributed by atoms with Gasteiger partial charge in [-0.3, -0.25) is 4.79 Å². The second-order valence-corrected chi connectivity index (χ2v) is 5.77. The third-order valence-corrected chi connectivity index (χ3v) is 4.22. The Kier molecular flexibility index (Phi) is 5.99. The summed E-state index contributed by atoms with van der Waals surface area (Å²) in [4.78, 5) is 25.2. The smallest absolute Gasteiger partial charge is 0.341 e. The topological polar surface area (TPSA) is 74.6 Å². The number of benzene rings is 1. The van der Waals surface area contributed by atoms with Gasteiger partial charge in [-0.15, -0.1) is 19.0 Å². The molecule has 0 amide bonds. The summed E-state index contributed by atoms with van der Waals surface area (Å²) in [6.07, 6.45) is 2.51. The van der Waals surface area contributed by atoms with Crippen LogP contribution in [0.25, 0.3) is 10.9 Å². The van der Waals surface area contributed by atoms with Crippen LogP contribution in [-0.2, 0) is 6.54 Å². The number of halogens is 3. The number of allylic oxidation sites excluding steroid dienone is 1. The first kappa shape index (κ1) is 19.9. The number of piperazine rings is 1. The summed E-state index contributed by atoms with van der Waals surface area (Å²) in [6, 6.07) is 0.921. The van der Waals surface area contributed by atoms with Crippen LogP contribution in [0.4, 0.5) is 14.5 Å². The number of fused-ring (bicyclic) bond motifs is 1. The zero-order valence-electron chi connectivity index (χ0n) is 13.8. The molecule has 2 heterocycles. The van der Waals surface area contributed by atoms with Gasteiger partial charge in [0.25, 0.3) is 0 Å². The number of nitrogens with zero attached hydrogens (tertiary/aromatic N) is 2. The van der Waals surface area contributed by atoms with Crippen molar-refractivity contribution in [1.82, 2.24) is 9.88 Å². The molecular weight excluding hydrogens is 368 g/mol. The molecule has 9 heteroatoms. The van der Waals surface area contributed by atoms with Gasteiger partial charge in [0.05, 0.1) is 10.9 Å². The summed E-state index contributed by atoms with van der Waals surface area (Å²) in [7, 11) is 0. The highest BCUT2D eigenvalue weighted by atomic mass is 35.5. The standard InChI is InChI=1S/C17H17F2N3O3.ClH/c1-2-5-22-9-11(17(24)25)16(23)10-8-12(18)15(13(19)14(10)22)21-6-3-20-4-7-21;/h2,8-9,20H,1,3-7H2,(H,24,25);1H. The normalized spacial score (nSPS) is 14.2. The molecule has 0 radical (unpaired) electrons. The van der Waals surface area contributed by atoms with E-state index in [0.717, 1.165) is 12.3 Å². The van der Waals surface area contributed by atoms with Crippen molar-refractivity contribution in [2.45, 2.75) is 6.54 Å². The molecule has 1 aliphatic heterocycles. The molecule has 1 aromatic heterocycles. The lowest BCUT2D eigenvalue weighted by Gasteiger charge is -2.30. The first-order valence-electron chi connectivity index (χ1n) is 7.80. The van der Waals surface area contributed by atoms with E-state index in [2.05, 4.69) is 11.9 Å². The highest BCUT2D eigenvalue weighted by molar-refractivity contribution is 5.93. The number of hydrogen-bond donors (Lipinski definition) is 2. The van der Waals surface area contributed by atoms with Gasteiger partial charge in [0.1, 0.15) is 17.1 Å². The number of aromatic carboxylic acids is 1. The number of carboxylic acid groups (broad SMARTS) is 1. The number of nitrogens with one attached hydrogen (secondary N) is 1. The predicted molar refractivity (Wildman–Crippen MR) is 97.6 cm³/mol. The van der Waals surface area contributed by atoms with Gasteiger partial charge in [-0.25, -0.2) is 13.6 Å². The maximum atomic E-state index is 15.2. The quantitative estimate of drug-likeness (QED) is 0.787. The van der Waals surface area contributed by atoms with Crippen LogP contribution in [0.15, 0.2) is 29.7 Å². The molecule has 0 atom stereocenters. The Bertz CT molecular complexity index is 924. The molecule has 2 aromatic rings. The van der Waals surface area contributed by atoms with Crippen LogP contribution < -0.4 is 15.6 Å². The molecule has 1 aliphatic rings. The maximum Gasteiger partial charge on any atom is 0.341 e. The second kappa shape index (κ2) is 7.84. The Labute approximate surface area is 154 Å². The van der Waals surface area contributed by atoms with E-state index in [9.17, 15) is 19.1 Å². The van der Waals surface area contributed by atoms with Crippen molar-refractivity contribution in [2.24, 2.45) is 0 Å². The Morgan fingerprint density at radius 3 is 2.58 bits per heavy atom. The summed E-state index contributed by atoms with van der Waals surface area (Å²) in [5.74, 6) is -3.19. The molecule has 1 aromatic carbocycles. The number of hydrogen-bond acceptors (Lipinski definition) is 4. The average molecular weight is 386 g/mol. The summed E-state index contributed by atoms with van der Waals surface area (Å²) in [6.45, 7) is 5.68. The number of rotatable bonds is 4. The van der Waals surface area contributed by atoms with E-state index in [4.69, 9.17) is 0 Å². The molecule has 0 unspecified atom stereocenters. The minimum atomic E-state index is -1.45. The lowest BCUT2D eigenvalue weighted by Crippen LogP contribution is -2.44. The molecule has 0 saturated carbocycles. The van der Waals surface area contributed by atoms with Crippen molar-refractivity contribution in [1.29, 1.82) is 0 Å². The highest BCUT2D eigenvalue weighted by Crippen LogP contribution is 2.30. The predicted octanol–water partition coefficient (Wildman–Crippen LogP) is 2.00. The minimum Gasteiger partial charge on any atom is -0.477 e. The van der Waals surface area contributed by atoms with E-state index in [1.54, 1.807) is 4.90 Å². The van der Waals surface area contributed by atoms with Crippen molar-refractivity contribution < 1.29 is 18.7 Å². The third-order valence-electron chi connectivity index (χ3n) is 4.22. The number of aromatic nitrogens is 1. The van der Waals surface area contributed by atoms with Crippen LogP contribution in [0.3, 0.4) is 0 Å². The Balaban J connectivity index is 0.00000243. The molecule has 3 rings (SSSR count). The van der Waals surface area contributed by atoms with Crippen molar-refractivity contribution in [2.75, 3.05) is 31.1 Å². The van der Waals surface area contributed by atoms with Crippen molar-refractivity contribution in [3.05, 3.63) is 52.3 Å². The Morgan fingerprint density at radius 1 is 1.35 bits per heavy atom. The molecule has 6 nitrogen and oxygen atoms in total. The molecule has 0 aliphatic carbocycles. The second-order valence-electron chi connectivity index (χ2n) is 5.77. The van der Waals surface area contributed by atoms with E-state index >= 15 is 4.39 Å². The van der Waals surface area contributed by atoms with Gasteiger partial charge in [0.2, 0.25) is 5.43 Å². The number of pyridine rings is 1. The fourth-order valence-corrected chi connectivity index (χ4v) is 3.09. The fourth-order valence-electron chi connectivity index (χ4n) is 3.09. The first-order valence-corrected chi connectivity index (χ1v) is 7.80. The van der Waals surface area contributed by atoms with Gasteiger partial charge in [-0.05, 0) is 6.07 Å². The summed E-state index contributed by atoms with van der Waals surface area (Å²) < 4.78 is 31.0. The average Bonchev–Trinajstić information content (AvgIpc) is 2.58. The molecular formula is C17H18ClF2N3O3. The molecule has 26 heavy (non-hydrogen) atoms. The monoisotopic (exact) mass is 385 g/mol. The SMILES string of the molecule is C=CCn1cc(C(=O)O)c(=O)c2cc(F)c(N3CCNCC3)c(F)c21.Cl. The molecule has 1 saturated heterocycles. The number of carboxylic acids is 1. The van der Waals surface area contributed by atoms with Gasteiger partial charge in [0.15, 0.2) is 5.82 Å². The van der Waals surface area contributed by atoms with Gasteiger partial charge >= 0.3 is 5.97 Å². The summed E-state index contributed by atoms with van der Waals surface area (Å²) in [5, 5.41) is 12.0. The van der Waals surface area contributed by atoms with Gasteiger partial charge in [-0.2, -0.15) is 0 Å². The Morgan fingerprint density at radius 2 is 2.00 bits per heavy atom. The maximum absolute atomic E-state index is 15.2. The van der Waals surface area contributed by atoms with E-state index in [1.165, 1.54) is 10.6 Å². The van der Waals surface area contributed by atoms with Gasteiger partial charge < -0.3 is 19.9 Å². The summed E-state index contributed by atoms with van der Waals surface area (Å²) >= 11 is 0. The molecule has 1 fully saturated rings. The first-order chi connectivity index (χ1) is 12.0. The van der Waals surface area contributed by atoms with Crippen molar-refractivity contribution in [3.63, 3.8) is 0 Å². The number of anilines is 1. The molecule has 140 valence electrons. The van der Waals surface area contributed by atoms with Crippen LogP contribution in [0, 0.1) is 11.6 Å². The zero-order chi connectivity index (χ0) is 18.1. The van der Waals surface area contributed by atoms with Gasteiger partial charge in [-0.1, -0.05) is 6.08 Å². The van der Waals surface area contributed by atoms with Crippen molar-refractivity contribution >= 4 is 35.0 Å². The third kappa shape index (κ3) is 3.30. The lowest BCUT2D eigenvalue weighted by molar-refractivity contribution is 0.0695. The van der Waals surface area contributed by atoms with Crippen LogP contribution in [0.1, 0.15) is 10.4 Å². The van der Waals surface area contributed by atoms with E-state index in [-0.39, 0.29) is 35.5 Å². The summed E-state index contributed by atoms with van der Waals surface area (Å²) in [5.41, 5.74) is -1.77. The lowest BCUT2D eigenvalue weighted by atomic mass is 10.1. The van der Waals surface area contributed by atoms with Crippen LogP contribution >= 0.6 is 12.4 Å². The highest BCUT2D eigenvalue weighted by Gasteiger charge is 2.25. The van der Waals surface area contributed by atoms with E-state index < -0.39 is 28.6 Å². The Hall–Kier alpha value is -2.45. The van der Waals surface area contributed by atoms with E-state index in [1.807, 2.05) is 0 Å². The van der Waals surface area contributed by atoms with Crippen LogP contribution in [0.2, 0.25) is 0 Å². The zero-order valence-corrected chi connectivity index (χ0v) is 14.6. The van der Waals surface area contributed by atoms with Crippen molar-refractivity contribution in [3.8, 4) is 0 Å². The molecule has 2 N–H and O–H groups in total. The molecule has 0 bridgehead atoms. The van der Waals surface area contributed by atoms with Crippen LogP contribution in [0.5, 0.6) is 0 Å².